The molecule has 0 radical (unpaired) electrons. The van der Waals surface area contributed by atoms with E-state index < -0.39 is 141 Å². The fourth-order valence-electron chi connectivity index (χ4n) is 12.0. The third-order valence-corrected chi connectivity index (χ3v) is 17.5. The van der Waals surface area contributed by atoms with Gasteiger partial charge in [-0.25, -0.2) is 9.59 Å². The molecule has 0 amide bonds. The Morgan fingerprint density at radius 2 is 1.71 bits per heavy atom. The summed E-state index contributed by atoms with van der Waals surface area (Å²) in [5, 5.41) is 51.5. The molecule has 5 N–H and O–H groups in total. The van der Waals surface area contributed by atoms with Crippen molar-refractivity contribution in [3.8, 4) is 0 Å². The van der Waals surface area contributed by atoms with Crippen LogP contribution in [0.25, 0.3) is 10.9 Å². The van der Waals surface area contributed by atoms with Crippen LogP contribution in [0.15, 0.2) is 34.3 Å². The Hall–Kier alpha value is -4.34. The highest BCUT2D eigenvalue weighted by molar-refractivity contribution is 7.86. The summed E-state index contributed by atoms with van der Waals surface area (Å²) in [6, 6.07) is 4.98. The van der Waals surface area contributed by atoms with Gasteiger partial charge in [-0.1, -0.05) is 32.0 Å². The lowest BCUT2D eigenvalue weighted by atomic mass is 9.76. The number of likely N-dealkylation sites (N-methyl/N-ethyl adjacent to an activating group) is 1. The van der Waals surface area contributed by atoms with Crippen molar-refractivity contribution in [3.05, 3.63) is 45.7 Å². The maximum absolute atomic E-state index is 14.5. The van der Waals surface area contributed by atoms with E-state index in [2.05, 4.69) is 10.5 Å². The van der Waals surface area contributed by atoms with E-state index in [0.717, 1.165) is 5.56 Å². The van der Waals surface area contributed by atoms with Crippen molar-refractivity contribution in [3.63, 3.8) is 0 Å². The second-order valence-electron chi connectivity index (χ2n) is 22.2. The van der Waals surface area contributed by atoms with Crippen molar-refractivity contribution in [2.45, 2.75) is 185 Å². The second kappa shape index (κ2) is 23.2. The van der Waals surface area contributed by atoms with E-state index in [0.29, 0.717) is 43.3 Å². The van der Waals surface area contributed by atoms with Crippen LogP contribution in [-0.2, 0) is 70.0 Å². The van der Waals surface area contributed by atoms with E-state index in [1.54, 1.807) is 58.2 Å². The smallest absolute Gasteiger partial charge is 0.477 e. The van der Waals surface area contributed by atoms with Gasteiger partial charge in [-0.3, -0.25) is 13.8 Å². The Morgan fingerprint density at radius 1 is 1.00 bits per heavy atom. The molecule has 1 aliphatic carbocycles. The molecule has 1 saturated carbocycles. The van der Waals surface area contributed by atoms with E-state index >= 15 is 0 Å². The van der Waals surface area contributed by atoms with Crippen LogP contribution in [0.2, 0.25) is 0 Å². The number of hydrogen-bond donors (Lipinski definition) is 5. The molecule has 2 aromatic rings. The molecule has 7 rings (SSSR count). The van der Waals surface area contributed by atoms with Crippen LogP contribution < -0.4 is 10.7 Å². The number of nitrogens with zero attached hydrogens (tertiary/aromatic N) is 3. The Morgan fingerprint density at radius 3 is 2.36 bits per heavy atom. The number of carboxylic acids is 1. The van der Waals surface area contributed by atoms with Crippen LogP contribution in [0, 0.1) is 23.7 Å². The van der Waals surface area contributed by atoms with E-state index in [9.17, 15) is 48.1 Å². The van der Waals surface area contributed by atoms with E-state index in [4.69, 9.17) is 42.1 Å². The number of hydrogen-bond acceptors (Lipinski definition) is 21. The lowest BCUT2D eigenvalue weighted by Gasteiger charge is -2.49. The predicted octanol–water partition coefficient (Wildman–Crippen LogP) is 3.42. The normalized spacial score (nSPS) is 38.8. The largest absolute Gasteiger partial charge is 0.509 e. The minimum absolute atomic E-state index is 0.0305. The highest BCUT2D eigenvalue weighted by atomic mass is 32.2. The molecule has 5 heterocycles. The van der Waals surface area contributed by atoms with Crippen LogP contribution in [0.4, 0.5) is 4.79 Å². The molecule has 4 saturated heterocycles. The van der Waals surface area contributed by atoms with Gasteiger partial charge in [-0.2, -0.15) is 8.42 Å². The van der Waals surface area contributed by atoms with Gasteiger partial charge in [0.15, 0.2) is 24.8 Å². The summed E-state index contributed by atoms with van der Waals surface area (Å²) in [6.07, 6.45) is -9.30. The Balaban J connectivity index is 1.07. The molecule has 4 aliphatic heterocycles. The minimum atomic E-state index is -4.21. The monoisotopic (exact) mass is 1090 g/mol. The van der Waals surface area contributed by atoms with Crippen molar-refractivity contribution in [2.24, 2.45) is 28.8 Å². The van der Waals surface area contributed by atoms with Crippen LogP contribution >= 0.6 is 0 Å². The number of aromatic nitrogens is 1. The van der Waals surface area contributed by atoms with Gasteiger partial charge in [-0.05, 0) is 106 Å². The quantitative estimate of drug-likeness (QED) is 0.0498. The van der Waals surface area contributed by atoms with Gasteiger partial charge in [-0.15, -0.1) is 0 Å². The standard InChI is InChI=1S/C52H78N4O19S/c1-13-56-25-34(46(59)60)39(57)33-22-32(16-17-35(33)56)15-14-18-53-19-20-76(65,66)75-44-31(7)69-37(24-51(44,9)67-12)70-41-28(4)42(72-48-40(58)36(55(10)11)21-27(3)68-48)50(8,63)23-26(2)38(54-64)45-52(74-49(62)73-45)30(6)43(52)71-47(61)29(41)5/h16-17,22,25-31,36-37,40-45,48,53,58,63-64H,13-15,18-21,23-24H2,1-12H3,(H,59,60)/b54-38+/t26-,27-,28+,29-,30?,31+,36+,37+,40-,41+,42-,43-,44+,45-,48+,50-,51-,52-/m1/s1. The van der Waals surface area contributed by atoms with Gasteiger partial charge in [0.2, 0.25) is 11.0 Å². The van der Waals surface area contributed by atoms with E-state index in [-0.39, 0.29) is 36.8 Å². The number of carbonyl (C=O) groups is 3. The first-order chi connectivity index (χ1) is 35.6. The number of aliphatic hydroxyl groups is 2. The number of methoxy groups -OCH3 is 1. The molecular formula is C52H78N4O19S. The fourth-order valence-corrected chi connectivity index (χ4v) is 13.1. The van der Waals surface area contributed by atoms with Crippen LogP contribution in [-0.4, -0.2) is 187 Å². The minimum Gasteiger partial charge on any atom is -0.477 e. The van der Waals surface area contributed by atoms with Crippen molar-refractivity contribution >= 4 is 44.8 Å². The summed E-state index contributed by atoms with van der Waals surface area (Å²) in [6.45, 7) is 16.1. The van der Waals surface area contributed by atoms with Crippen molar-refractivity contribution < 1.29 is 85.4 Å². The summed E-state index contributed by atoms with van der Waals surface area (Å²) in [4.78, 5) is 53.8. The first kappa shape index (κ1) is 59.3. The molecule has 1 aromatic carbocycles. The summed E-state index contributed by atoms with van der Waals surface area (Å²) in [7, 11) is 0.843. The number of carboxylic acid groups (broad SMARTS) is 1. The number of benzene rings is 1. The summed E-state index contributed by atoms with van der Waals surface area (Å²) >= 11 is 0. The number of esters is 1. The van der Waals surface area contributed by atoms with Gasteiger partial charge in [0.05, 0.1) is 52.8 Å². The zero-order valence-electron chi connectivity index (χ0n) is 45.5. The number of carbonyl (C=O) groups excluding carboxylic acids is 2. The summed E-state index contributed by atoms with van der Waals surface area (Å²) in [5.41, 5.74) is -4.18. The number of pyridine rings is 1. The van der Waals surface area contributed by atoms with Crippen LogP contribution in [0.3, 0.4) is 0 Å². The topological polar surface area (TPSA) is 299 Å². The average Bonchev–Trinajstić information content (AvgIpc) is 3.71. The van der Waals surface area contributed by atoms with Crippen molar-refractivity contribution in [1.82, 2.24) is 14.8 Å². The number of nitrogens with one attached hydrogen (secondary N) is 1. The zero-order chi connectivity index (χ0) is 56.0. The highest BCUT2D eigenvalue weighted by Crippen LogP contribution is 2.57. The second-order valence-corrected chi connectivity index (χ2v) is 23.9. The zero-order valence-corrected chi connectivity index (χ0v) is 46.3. The molecule has 1 unspecified atom stereocenters. The number of ether oxygens (including phenoxy) is 8. The molecule has 1 aromatic heterocycles. The molecule has 1 spiro atoms. The number of aromatic carboxylic acids is 1. The average molecular weight is 1100 g/mol. The first-order valence-electron chi connectivity index (χ1n) is 26.2. The predicted molar refractivity (Wildman–Crippen MR) is 272 cm³/mol. The van der Waals surface area contributed by atoms with E-state index in [1.165, 1.54) is 20.2 Å². The Kier molecular flexibility index (Phi) is 18.1. The molecule has 5 aliphatic rings. The Bertz CT molecular complexity index is 2650. The van der Waals surface area contributed by atoms with Gasteiger partial charge in [0.25, 0.3) is 10.1 Å². The van der Waals surface area contributed by atoms with Crippen molar-refractivity contribution in [1.29, 1.82) is 0 Å². The highest BCUT2D eigenvalue weighted by Gasteiger charge is 2.79. The molecule has 18 atom stereocenters. The first-order valence-corrected chi connectivity index (χ1v) is 27.8. The van der Waals surface area contributed by atoms with Gasteiger partial charge >= 0.3 is 18.1 Å². The summed E-state index contributed by atoms with van der Waals surface area (Å²) in [5.74, 6) is -5.96. The maximum atomic E-state index is 14.5. The third kappa shape index (κ3) is 12.0. The number of oxime groups is 1. The number of aryl methyl sites for hydroxylation is 2. The molecule has 76 heavy (non-hydrogen) atoms. The number of aliphatic hydroxyl groups excluding tert-OH is 1. The number of rotatable bonds is 17. The molecule has 5 fully saturated rings. The van der Waals surface area contributed by atoms with E-state index in [1.807, 2.05) is 38.9 Å². The molecular weight excluding hydrogens is 1020 g/mol. The lowest BCUT2D eigenvalue weighted by molar-refractivity contribution is -0.315. The van der Waals surface area contributed by atoms with Crippen molar-refractivity contribution in [2.75, 3.05) is 40.0 Å². The van der Waals surface area contributed by atoms with Gasteiger partial charge < -0.3 is 73.2 Å². The van der Waals surface area contributed by atoms with Gasteiger partial charge in [0.1, 0.15) is 23.5 Å². The van der Waals surface area contributed by atoms with Crippen LogP contribution in [0.1, 0.15) is 104 Å². The molecule has 0 bridgehead atoms. The molecule has 426 valence electrons. The van der Waals surface area contributed by atoms with Crippen LogP contribution in [0.5, 0.6) is 0 Å². The lowest BCUT2D eigenvalue weighted by Crippen LogP contribution is -2.61. The SMILES string of the molecule is CCn1cc(C(=O)O)c(=O)c2cc(CCCNCCS(=O)(=O)O[C@H]3[C@H](C)O[C@@H](O[C@H]4[C@H](C)[C@@H](O[C@@H]5O[C@H](C)C[C@H](N(C)C)[C@H]5O)[C@](C)(O)C[C@@H](C)/C(=N\O)[C@H]5OC(=O)O[C@@]56C(C)[C@H]6OC(=O)[C@@H]4C)C[C@@]3(C)OC)ccc21. The number of fused-ring (bicyclic) bond motifs is 1. The molecule has 24 heteroatoms. The Labute approximate surface area is 443 Å². The fraction of sp³-hybridized carbons (Fsp3) is 0.750. The summed E-state index contributed by atoms with van der Waals surface area (Å²) < 4.78 is 84.4. The maximum Gasteiger partial charge on any atom is 0.509 e. The third-order valence-electron chi connectivity index (χ3n) is 16.3. The molecule has 23 nitrogen and oxygen atoms in total. The van der Waals surface area contributed by atoms with Gasteiger partial charge in [0, 0.05) is 62.0 Å².